The Bertz CT molecular complexity index is 938. The largest absolute Gasteiger partial charge is 0.454 e. The minimum Gasteiger partial charge on any atom is -0.454 e. The maximum atomic E-state index is 12.5. The molecular formula is C19H13NO5S. The summed E-state index contributed by atoms with van der Waals surface area (Å²) in [6.45, 7) is -0.107. The van der Waals surface area contributed by atoms with Gasteiger partial charge in [0.15, 0.2) is 17.3 Å². The van der Waals surface area contributed by atoms with Crippen LogP contribution in [0.3, 0.4) is 0 Å². The second-order valence-corrected chi connectivity index (χ2v) is 6.66. The van der Waals surface area contributed by atoms with Gasteiger partial charge in [-0.2, -0.15) is 0 Å². The predicted octanol–water partition coefficient (Wildman–Crippen LogP) is 3.33. The Morgan fingerprint density at radius 3 is 2.65 bits per heavy atom. The van der Waals surface area contributed by atoms with Crippen molar-refractivity contribution in [3.8, 4) is 11.5 Å². The molecule has 0 unspecified atom stereocenters. The minimum absolute atomic E-state index is 0.164. The molecule has 2 amide bonds. The minimum atomic E-state index is -0.470. The van der Waals surface area contributed by atoms with Crippen LogP contribution in [0.4, 0.5) is 4.79 Å². The summed E-state index contributed by atoms with van der Waals surface area (Å²) in [4.78, 5) is 38.2. The number of imide groups is 1. The van der Waals surface area contributed by atoms with Crippen LogP contribution in [0.5, 0.6) is 11.5 Å². The SMILES string of the molecule is O=C(CN1C(=O)S/C(=C\c2ccc3c(c2)OCO3)C1=O)c1ccccc1. The van der Waals surface area contributed by atoms with E-state index in [-0.39, 0.29) is 24.0 Å². The van der Waals surface area contributed by atoms with Crippen molar-refractivity contribution in [3.63, 3.8) is 0 Å². The second kappa shape index (κ2) is 6.68. The van der Waals surface area contributed by atoms with Crippen LogP contribution >= 0.6 is 11.8 Å². The summed E-state index contributed by atoms with van der Waals surface area (Å²) in [6.07, 6.45) is 1.61. The lowest BCUT2D eigenvalue weighted by Gasteiger charge is -2.11. The first-order chi connectivity index (χ1) is 12.6. The van der Waals surface area contributed by atoms with Gasteiger partial charge in [0, 0.05) is 5.56 Å². The van der Waals surface area contributed by atoms with Crippen molar-refractivity contribution < 1.29 is 23.9 Å². The van der Waals surface area contributed by atoms with Crippen molar-refractivity contribution in [3.05, 3.63) is 64.6 Å². The molecule has 26 heavy (non-hydrogen) atoms. The number of hydrogen-bond donors (Lipinski definition) is 0. The standard InChI is InChI=1S/C19H13NO5S/c21-14(13-4-2-1-3-5-13)10-20-18(22)17(26-19(20)23)9-12-6-7-15-16(8-12)25-11-24-15/h1-9H,10-11H2/b17-9-. The molecule has 0 aliphatic carbocycles. The van der Waals surface area contributed by atoms with Crippen molar-refractivity contribution in [1.82, 2.24) is 4.90 Å². The van der Waals surface area contributed by atoms with E-state index in [2.05, 4.69) is 0 Å². The number of hydrogen-bond acceptors (Lipinski definition) is 6. The van der Waals surface area contributed by atoms with Crippen molar-refractivity contribution in [2.45, 2.75) is 0 Å². The van der Waals surface area contributed by atoms with E-state index in [1.54, 1.807) is 54.6 Å². The number of ketones is 1. The van der Waals surface area contributed by atoms with Crippen molar-refractivity contribution in [2.24, 2.45) is 0 Å². The van der Waals surface area contributed by atoms with Gasteiger partial charge in [0.25, 0.3) is 11.1 Å². The number of thioether (sulfide) groups is 1. The third kappa shape index (κ3) is 3.09. The molecule has 1 fully saturated rings. The summed E-state index contributed by atoms with van der Waals surface area (Å²) in [5, 5.41) is -0.453. The van der Waals surface area contributed by atoms with Crippen molar-refractivity contribution in [1.29, 1.82) is 0 Å². The molecule has 0 saturated carbocycles. The third-order valence-electron chi connectivity index (χ3n) is 3.97. The Morgan fingerprint density at radius 2 is 1.85 bits per heavy atom. The fourth-order valence-electron chi connectivity index (χ4n) is 2.65. The number of nitrogens with zero attached hydrogens (tertiary/aromatic N) is 1. The van der Waals surface area contributed by atoms with Crippen LogP contribution in [-0.2, 0) is 4.79 Å². The fourth-order valence-corrected chi connectivity index (χ4v) is 3.49. The Morgan fingerprint density at radius 1 is 1.08 bits per heavy atom. The lowest BCUT2D eigenvalue weighted by Crippen LogP contribution is -2.33. The predicted molar refractivity (Wildman–Crippen MR) is 96.0 cm³/mol. The molecule has 2 aliphatic rings. The lowest BCUT2D eigenvalue weighted by atomic mass is 10.1. The van der Waals surface area contributed by atoms with Gasteiger partial charge in [0.2, 0.25) is 6.79 Å². The van der Waals surface area contributed by atoms with E-state index < -0.39 is 11.1 Å². The number of carbonyl (C=O) groups is 3. The highest BCUT2D eigenvalue weighted by atomic mass is 32.2. The van der Waals surface area contributed by atoms with Crippen LogP contribution in [0, 0.1) is 0 Å². The maximum absolute atomic E-state index is 12.5. The molecule has 0 spiro atoms. The molecule has 0 radical (unpaired) electrons. The second-order valence-electron chi connectivity index (χ2n) is 5.67. The fraction of sp³-hybridized carbons (Fsp3) is 0.105. The summed E-state index contributed by atoms with van der Waals surface area (Å²) in [6, 6.07) is 13.8. The maximum Gasteiger partial charge on any atom is 0.293 e. The quantitative estimate of drug-likeness (QED) is 0.610. The Kier molecular flexibility index (Phi) is 4.22. The van der Waals surface area contributed by atoms with E-state index in [0.717, 1.165) is 16.7 Å². The van der Waals surface area contributed by atoms with Crippen molar-refractivity contribution >= 4 is 34.8 Å². The summed E-state index contributed by atoms with van der Waals surface area (Å²) < 4.78 is 10.6. The number of carbonyl (C=O) groups excluding carboxylic acids is 3. The molecule has 130 valence electrons. The van der Waals surface area contributed by atoms with E-state index in [0.29, 0.717) is 22.6 Å². The van der Waals surface area contributed by atoms with Gasteiger partial charge in [-0.05, 0) is 35.5 Å². The Hall–Kier alpha value is -3.06. The summed E-state index contributed by atoms with van der Waals surface area (Å²) in [5.74, 6) is 0.486. The molecule has 2 aromatic carbocycles. The van der Waals surface area contributed by atoms with Crippen LogP contribution in [0.2, 0.25) is 0 Å². The van der Waals surface area contributed by atoms with Crippen LogP contribution < -0.4 is 9.47 Å². The third-order valence-corrected chi connectivity index (χ3v) is 4.87. The van der Waals surface area contributed by atoms with Gasteiger partial charge >= 0.3 is 0 Å². The molecule has 2 aliphatic heterocycles. The monoisotopic (exact) mass is 367 g/mol. The highest BCUT2D eigenvalue weighted by Crippen LogP contribution is 2.36. The van der Waals surface area contributed by atoms with E-state index in [1.807, 2.05) is 0 Å². The summed E-state index contributed by atoms with van der Waals surface area (Å²) >= 11 is 0.821. The van der Waals surface area contributed by atoms with Crippen LogP contribution in [0.25, 0.3) is 6.08 Å². The molecule has 4 rings (SSSR count). The van der Waals surface area contributed by atoms with Crippen LogP contribution in [0.15, 0.2) is 53.4 Å². The number of Topliss-reactive ketones (excluding diaryl/α,β-unsaturated/α-hetero) is 1. The van der Waals surface area contributed by atoms with Crippen LogP contribution in [0.1, 0.15) is 15.9 Å². The smallest absolute Gasteiger partial charge is 0.293 e. The Labute approximate surface area is 153 Å². The van der Waals surface area contributed by atoms with Gasteiger partial charge in [-0.3, -0.25) is 19.3 Å². The highest BCUT2D eigenvalue weighted by Gasteiger charge is 2.36. The van der Waals surface area contributed by atoms with Gasteiger partial charge < -0.3 is 9.47 Å². The number of fused-ring (bicyclic) bond motifs is 1. The number of amides is 2. The normalized spacial score (nSPS) is 17.2. The van der Waals surface area contributed by atoms with Gasteiger partial charge in [-0.25, -0.2) is 0 Å². The molecule has 1 saturated heterocycles. The van der Waals surface area contributed by atoms with Crippen molar-refractivity contribution in [2.75, 3.05) is 13.3 Å². The molecular weight excluding hydrogens is 354 g/mol. The van der Waals surface area contributed by atoms with Gasteiger partial charge in [0.05, 0.1) is 11.4 Å². The van der Waals surface area contributed by atoms with Gasteiger partial charge in [-0.1, -0.05) is 36.4 Å². The van der Waals surface area contributed by atoms with E-state index >= 15 is 0 Å². The summed E-state index contributed by atoms with van der Waals surface area (Å²) in [7, 11) is 0. The van der Waals surface area contributed by atoms with Crippen LogP contribution in [-0.4, -0.2) is 35.2 Å². The molecule has 0 N–H and O–H groups in total. The lowest BCUT2D eigenvalue weighted by molar-refractivity contribution is -0.122. The molecule has 0 atom stereocenters. The van der Waals surface area contributed by atoms with E-state index in [4.69, 9.17) is 9.47 Å². The van der Waals surface area contributed by atoms with E-state index in [1.165, 1.54) is 0 Å². The summed E-state index contributed by atoms with van der Waals surface area (Å²) in [5.41, 5.74) is 1.18. The number of rotatable bonds is 4. The molecule has 0 aromatic heterocycles. The average molecular weight is 367 g/mol. The Balaban J connectivity index is 1.53. The highest BCUT2D eigenvalue weighted by molar-refractivity contribution is 8.18. The molecule has 7 heteroatoms. The zero-order valence-corrected chi connectivity index (χ0v) is 14.3. The average Bonchev–Trinajstić information content (AvgIpc) is 3.22. The molecule has 2 heterocycles. The first kappa shape index (κ1) is 16.4. The molecule has 6 nitrogen and oxygen atoms in total. The zero-order valence-electron chi connectivity index (χ0n) is 13.5. The first-order valence-corrected chi connectivity index (χ1v) is 8.67. The van der Waals surface area contributed by atoms with E-state index in [9.17, 15) is 14.4 Å². The topological polar surface area (TPSA) is 72.9 Å². The molecule has 0 bridgehead atoms. The number of ether oxygens (including phenoxy) is 2. The zero-order chi connectivity index (χ0) is 18.1. The molecule has 2 aromatic rings. The first-order valence-electron chi connectivity index (χ1n) is 7.85. The van der Waals surface area contributed by atoms with Gasteiger partial charge in [0.1, 0.15) is 0 Å². The number of benzene rings is 2. The van der Waals surface area contributed by atoms with Gasteiger partial charge in [-0.15, -0.1) is 0 Å².